The van der Waals surface area contributed by atoms with E-state index in [4.69, 9.17) is 4.74 Å². The van der Waals surface area contributed by atoms with Crippen molar-refractivity contribution in [3.8, 4) is 0 Å². The Bertz CT molecular complexity index is 167. The monoisotopic (exact) mass is 186 g/mol. The fourth-order valence-electron chi connectivity index (χ4n) is 1.17. The molecule has 0 aromatic rings. The van der Waals surface area contributed by atoms with Gasteiger partial charge in [0.2, 0.25) is 0 Å². The predicted octanol–water partition coefficient (Wildman–Crippen LogP) is 0.827. The van der Waals surface area contributed by atoms with Crippen molar-refractivity contribution in [3.63, 3.8) is 0 Å². The molecule has 0 aromatic heterocycles. The summed E-state index contributed by atoms with van der Waals surface area (Å²) in [6, 6.07) is 0.299. The Morgan fingerprint density at radius 2 is 2.15 bits per heavy atom. The molecule has 1 rings (SSSR count). The van der Waals surface area contributed by atoms with Gasteiger partial charge in [-0.05, 0) is 13.3 Å². The molecular weight excluding hydrogens is 168 g/mol. The SMILES string of the molecule is CC[C@H](C)NC(=O)N1CCOCC1. The number of nitrogens with zero attached hydrogens (tertiary/aromatic N) is 1. The third-order valence-electron chi connectivity index (χ3n) is 2.28. The van der Waals surface area contributed by atoms with Gasteiger partial charge in [0.1, 0.15) is 0 Å². The van der Waals surface area contributed by atoms with Crippen LogP contribution in [0.1, 0.15) is 20.3 Å². The second kappa shape index (κ2) is 5.07. The number of amides is 2. The molecule has 0 unspecified atom stereocenters. The van der Waals surface area contributed by atoms with Crippen LogP contribution in [-0.2, 0) is 4.74 Å². The molecule has 0 spiro atoms. The van der Waals surface area contributed by atoms with E-state index in [-0.39, 0.29) is 12.1 Å². The number of urea groups is 1. The molecule has 0 saturated carbocycles. The van der Waals surface area contributed by atoms with Gasteiger partial charge in [-0.1, -0.05) is 6.92 Å². The van der Waals surface area contributed by atoms with Crippen molar-refractivity contribution < 1.29 is 9.53 Å². The fraction of sp³-hybridized carbons (Fsp3) is 0.889. The van der Waals surface area contributed by atoms with Crippen LogP contribution in [0.4, 0.5) is 4.79 Å². The van der Waals surface area contributed by atoms with Gasteiger partial charge in [-0.2, -0.15) is 0 Å². The Morgan fingerprint density at radius 3 is 2.69 bits per heavy atom. The number of hydrogen-bond donors (Lipinski definition) is 1. The number of nitrogens with one attached hydrogen (secondary N) is 1. The molecule has 4 heteroatoms. The highest BCUT2D eigenvalue weighted by Gasteiger charge is 2.17. The molecule has 0 bridgehead atoms. The first-order valence-corrected chi connectivity index (χ1v) is 4.87. The number of ether oxygens (including phenoxy) is 1. The molecule has 13 heavy (non-hydrogen) atoms. The Hall–Kier alpha value is -0.770. The number of hydrogen-bond acceptors (Lipinski definition) is 2. The molecule has 1 aliphatic heterocycles. The van der Waals surface area contributed by atoms with Gasteiger partial charge in [0.05, 0.1) is 13.2 Å². The number of rotatable bonds is 2. The third kappa shape index (κ3) is 3.22. The molecule has 1 N–H and O–H groups in total. The van der Waals surface area contributed by atoms with Crippen LogP contribution in [0.2, 0.25) is 0 Å². The molecule has 4 nitrogen and oxygen atoms in total. The van der Waals surface area contributed by atoms with Gasteiger partial charge in [-0.3, -0.25) is 0 Å². The average molecular weight is 186 g/mol. The zero-order chi connectivity index (χ0) is 9.68. The van der Waals surface area contributed by atoms with Crippen LogP contribution in [0.3, 0.4) is 0 Å². The van der Waals surface area contributed by atoms with Gasteiger partial charge in [0, 0.05) is 19.1 Å². The highest BCUT2D eigenvalue weighted by atomic mass is 16.5. The first-order valence-electron chi connectivity index (χ1n) is 4.87. The van der Waals surface area contributed by atoms with Gasteiger partial charge in [-0.25, -0.2) is 4.79 Å². The van der Waals surface area contributed by atoms with Crippen molar-refractivity contribution in [2.75, 3.05) is 26.3 Å². The lowest BCUT2D eigenvalue weighted by Gasteiger charge is -2.28. The van der Waals surface area contributed by atoms with E-state index in [2.05, 4.69) is 12.2 Å². The van der Waals surface area contributed by atoms with Gasteiger partial charge < -0.3 is 15.0 Å². The van der Waals surface area contributed by atoms with Crippen molar-refractivity contribution >= 4 is 6.03 Å². The standard InChI is InChI=1S/C9H18N2O2/c1-3-8(2)10-9(12)11-4-6-13-7-5-11/h8H,3-7H2,1-2H3,(H,10,12)/t8-/m0/s1. The van der Waals surface area contributed by atoms with E-state index in [1.165, 1.54) is 0 Å². The lowest BCUT2D eigenvalue weighted by molar-refractivity contribution is 0.0526. The maximum Gasteiger partial charge on any atom is 0.317 e. The maximum absolute atomic E-state index is 11.5. The third-order valence-corrected chi connectivity index (χ3v) is 2.28. The molecule has 1 fully saturated rings. The molecular formula is C9H18N2O2. The fourth-order valence-corrected chi connectivity index (χ4v) is 1.17. The van der Waals surface area contributed by atoms with E-state index in [1.807, 2.05) is 6.92 Å². The summed E-state index contributed by atoms with van der Waals surface area (Å²) in [5.74, 6) is 0. The Labute approximate surface area is 79.2 Å². The van der Waals surface area contributed by atoms with E-state index >= 15 is 0 Å². The Morgan fingerprint density at radius 1 is 1.54 bits per heavy atom. The second-order valence-electron chi connectivity index (χ2n) is 3.36. The summed E-state index contributed by atoms with van der Waals surface area (Å²) in [6.45, 7) is 6.81. The van der Waals surface area contributed by atoms with Crippen molar-refractivity contribution in [1.29, 1.82) is 0 Å². The first-order chi connectivity index (χ1) is 6.24. The van der Waals surface area contributed by atoms with E-state index in [0.717, 1.165) is 6.42 Å². The molecule has 76 valence electrons. The van der Waals surface area contributed by atoms with Crippen LogP contribution in [0, 0.1) is 0 Å². The van der Waals surface area contributed by atoms with Crippen LogP contribution >= 0.6 is 0 Å². The normalized spacial score (nSPS) is 19.7. The van der Waals surface area contributed by atoms with Crippen molar-refractivity contribution in [2.45, 2.75) is 26.3 Å². The van der Waals surface area contributed by atoms with Gasteiger partial charge in [0.25, 0.3) is 0 Å². The molecule has 1 atom stereocenters. The molecule has 0 radical (unpaired) electrons. The summed E-state index contributed by atoms with van der Waals surface area (Å²) < 4.78 is 5.16. The zero-order valence-electron chi connectivity index (χ0n) is 8.38. The minimum atomic E-state index is 0.0395. The van der Waals surface area contributed by atoms with Gasteiger partial charge in [-0.15, -0.1) is 0 Å². The number of carbonyl (C=O) groups excluding carboxylic acids is 1. The zero-order valence-corrected chi connectivity index (χ0v) is 8.38. The lowest BCUT2D eigenvalue weighted by Crippen LogP contribution is -2.48. The number of morpholine rings is 1. The average Bonchev–Trinajstić information content (AvgIpc) is 2.19. The molecule has 2 amide bonds. The molecule has 1 aliphatic rings. The second-order valence-corrected chi connectivity index (χ2v) is 3.36. The summed E-state index contributed by atoms with van der Waals surface area (Å²) in [4.78, 5) is 13.3. The van der Waals surface area contributed by atoms with Crippen LogP contribution in [0.15, 0.2) is 0 Å². The van der Waals surface area contributed by atoms with E-state index in [1.54, 1.807) is 4.90 Å². The molecule has 1 saturated heterocycles. The Kier molecular flexibility index (Phi) is 4.02. The first kappa shape index (κ1) is 10.3. The van der Waals surface area contributed by atoms with Crippen molar-refractivity contribution in [1.82, 2.24) is 10.2 Å². The summed E-state index contributed by atoms with van der Waals surface area (Å²) in [6.07, 6.45) is 0.968. The quantitative estimate of drug-likeness (QED) is 0.694. The topological polar surface area (TPSA) is 41.6 Å². The molecule has 1 heterocycles. The maximum atomic E-state index is 11.5. The largest absolute Gasteiger partial charge is 0.378 e. The minimum Gasteiger partial charge on any atom is -0.378 e. The van der Waals surface area contributed by atoms with E-state index in [9.17, 15) is 4.79 Å². The highest BCUT2D eigenvalue weighted by molar-refractivity contribution is 5.74. The van der Waals surface area contributed by atoms with Crippen molar-refractivity contribution in [3.05, 3.63) is 0 Å². The predicted molar refractivity (Wildman–Crippen MR) is 50.7 cm³/mol. The molecule has 0 aliphatic carbocycles. The van der Waals surface area contributed by atoms with Crippen molar-refractivity contribution in [2.24, 2.45) is 0 Å². The van der Waals surface area contributed by atoms with E-state index in [0.29, 0.717) is 26.3 Å². The minimum absolute atomic E-state index is 0.0395. The van der Waals surface area contributed by atoms with Crippen LogP contribution < -0.4 is 5.32 Å². The van der Waals surface area contributed by atoms with E-state index < -0.39 is 0 Å². The van der Waals surface area contributed by atoms with Crippen LogP contribution in [0.25, 0.3) is 0 Å². The lowest BCUT2D eigenvalue weighted by atomic mass is 10.3. The van der Waals surface area contributed by atoms with Gasteiger partial charge >= 0.3 is 6.03 Å². The number of carbonyl (C=O) groups is 1. The Balaban J connectivity index is 2.29. The summed E-state index contributed by atoms with van der Waals surface area (Å²) >= 11 is 0. The summed E-state index contributed by atoms with van der Waals surface area (Å²) in [5, 5.41) is 2.93. The summed E-state index contributed by atoms with van der Waals surface area (Å²) in [5.41, 5.74) is 0. The van der Waals surface area contributed by atoms with Crippen LogP contribution in [-0.4, -0.2) is 43.3 Å². The van der Waals surface area contributed by atoms with Crippen LogP contribution in [0.5, 0.6) is 0 Å². The highest BCUT2D eigenvalue weighted by Crippen LogP contribution is 1.98. The molecule has 0 aromatic carbocycles. The van der Waals surface area contributed by atoms with Gasteiger partial charge in [0.15, 0.2) is 0 Å². The summed E-state index contributed by atoms with van der Waals surface area (Å²) in [7, 11) is 0. The smallest absolute Gasteiger partial charge is 0.317 e.